The van der Waals surface area contributed by atoms with Crippen LogP contribution in [0.25, 0.3) is 17.1 Å². The highest BCUT2D eigenvalue weighted by molar-refractivity contribution is 6.36. The Balaban J connectivity index is 2.14. The Labute approximate surface area is 134 Å². The lowest BCUT2D eigenvalue weighted by molar-refractivity contribution is 0.516. The minimum absolute atomic E-state index is 0.0987. The third-order valence-corrected chi connectivity index (χ3v) is 3.66. The van der Waals surface area contributed by atoms with Gasteiger partial charge in [-0.25, -0.2) is 4.79 Å². The van der Waals surface area contributed by atoms with Crippen LogP contribution in [0.3, 0.4) is 0 Å². The summed E-state index contributed by atoms with van der Waals surface area (Å²) in [6.07, 6.45) is 0. The SMILES string of the molecule is O=c1oc(-c2ccc(Cl)cc2Cl)nn1-c1ccccc1Cl. The van der Waals surface area contributed by atoms with Crippen LogP contribution in [0.2, 0.25) is 15.1 Å². The van der Waals surface area contributed by atoms with E-state index in [0.29, 0.717) is 26.3 Å². The fourth-order valence-electron chi connectivity index (χ4n) is 1.83. The van der Waals surface area contributed by atoms with E-state index in [-0.39, 0.29) is 5.89 Å². The van der Waals surface area contributed by atoms with Crippen molar-refractivity contribution in [3.63, 3.8) is 0 Å². The Bertz CT molecular complexity index is 871. The molecule has 1 heterocycles. The van der Waals surface area contributed by atoms with Gasteiger partial charge in [-0.15, -0.1) is 5.10 Å². The molecule has 0 atom stereocenters. The van der Waals surface area contributed by atoms with Crippen molar-refractivity contribution in [2.75, 3.05) is 0 Å². The average Bonchev–Trinajstić information content (AvgIpc) is 2.81. The van der Waals surface area contributed by atoms with Crippen LogP contribution in [0.5, 0.6) is 0 Å². The highest BCUT2D eigenvalue weighted by Gasteiger charge is 2.16. The number of para-hydroxylation sites is 1. The fraction of sp³-hybridized carbons (Fsp3) is 0. The molecule has 4 nitrogen and oxygen atoms in total. The summed E-state index contributed by atoms with van der Waals surface area (Å²) < 4.78 is 6.23. The summed E-state index contributed by atoms with van der Waals surface area (Å²) in [6, 6.07) is 11.6. The third kappa shape index (κ3) is 2.70. The molecule has 0 bridgehead atoms. The quantitative estimate of drug-likeness (QED) is 0.692. The minimum atomic E-state index is -0.649. The monoisotopic (exact) mass is 340 g/mol. The van der Waals surface area contributed by atoms with Gasteiger partial charge in [-0.1, -0.05) is 46.9 Å². The molecule has 0 saturated carbocycles. The van der Waals surface area contributed by atoms with Gasteiger partial charge in [0.15, 0.2) is 0 Å². The second-order valence-electron chi connectivity index (χ2n) is 4.16. The van der Waals surface area contributed by atoms with Crippen molar-refractivity contribution in [3.05, 3.63) is 68.1 Å². The molecule has 3 rings (SSSR count). The molecule has 0 N–H and O–H groups in total. The molecule has 0 amide bonds. The zero-order valence-electron chi connectivity index (χ0n) is 10.4. The molecule has 0 aliphatic heterocycles. The lowest BCUT2D eigenvalue weighted by Gasteiger charge is -2.01. The summed E-state index contributed by atoms with van der Waals surface area (Å²) in [5.41, 5.74) is 0.910. The second-order valence-corrected chi connectivity index (χ2v) is 5.41. The Morgan fingerprint density at radius 3 is 2.48 bits per heavy atom. The summed E-state index contributed by atoms with van der Waals surface area (Å²) >= 11 is 18.0. The van der Waals surface area contributed by atoms with Gasteiger partial charge in [-0.3, -0.25) is 0 Å². The minimum Gasteiger partial charge on any atom is -0.387 e. The molecule has 3 aromatic rings. The first kappa shape index (κ1) is 14.2. The number of nitrogens with zero attached hydrogens (tertiary/aromatic N) is 2. The fourth-order valence-corrected chi connectivity index (χ4v) is 2.53. The molecule has 21 heavy (non-hydrogen) atoms. The van der Waals surface area contributed by atoms with Gasteiger partial charge >= 0.3 is 5.76 Å². The lowest BCUT2D eigenvalue weighted by atomic mass is 10.2. The number of benzene rings is 2. The third-order valence-electron chi connectivity index (χ3n) is 2.79. The van der Waals surface area contributed by atoms with E-state index in [1.165, 1.54) is 0 Å². The van der Waals surface area contributed by atoms with Crippen LogP contribution in [0.1, 0.15) is 0 Å². The Morgan fingerprint density at radius 1 is 1.00 bits per heavy atom. The van der Waals surface area contributed by atoms with Crippen LogP contribution in [0.4, 0.5) is 0 Å². The van der Waals surface area contributed by atoms with Gasteiger partial charge in [0.2, 0.25) is 0 Å². The van der Waals surface area contributed by atoms with E-state index in [1.807, 2.05) is 0 Å². The molecule has 2 aromatic carbocycles. The van der Waals surface area contributed by atoms with Crippen LogP contribution in [0, 0.1) is 0 Å². The lowest BCUT2D eigenvalue weighted by Crippen LogP contribution is -2.13. The average molecular weight is 342 g/mol. The zero-order chi connectivity index (χ0) is 15.0. The maximum Gasteiger partial charge on any atom is 0.442 e. The van der Waals surface area contributed by atoms with E-state index < -0.39 is 5.76 Å². The number of rotatable bonds is 2. The molecular weight excluding hydrogens is 335 g/mol. The highest BCUT2D eigenvalue weighted by Crippen LogP contribution is 2.29. The topological polar surface area (TPSA) is 48.0 Å². The molecule has 1 aromatic heterocycles. The van der Waals surface area contributed by atoms with Crippen LogP contribution >= 0.6 is 34.8 Å². The van der Waals surface area contributed by atoms with Gasteiger partial charge in [-0.2, -0.15) is 4.68 Å². The van der Waals surface area contributed by atoms with Gasteiger partial charge in [0.25, 0.3) is 5.89 Å². The molecule has 0 radical (unpaired) electrons. The Morgan fingerprint density at radius 2 is 1.76 bits per heavy atom. The second kappa shape index (κ2) is 5.56. The van der Waals surface area contributed by atoms with Crippen molar-refractivity contribution in [1.82, 2.24) is 9.78 Å². The van der Waals surface area contributed by atoms with E-state index in [4.69, 9.17) is 39.2 Å². The van der Waals surface area contributed by atoms with E-state index in [1.54, 1.807) is 42.5 Å². The maximum absolute atomic E-state index is 12.0. The predicted octanol–water partition coefficient (Wildman–Crippen LogP) is 4.45. The summed E-state index contributed by atoms with van der Waals surface area (Å²) in [5, 5.41) is 5.34. The first-order valence-electron chi connectivity index (χ1n) is 5.87. The van der Waals surface area contributed by atoms with Crippen molar-refractivity contribution >= 4 is 34.8 Å². The number of hydrogen-bond donors (Lipinski definition) is 0. The van der Waals surface area contributed by atoms with Crippen molar-refractivity contribution in [2.45, 2.75) is 0 Å². The van der Waals surface area contributed by atoms with E-state index in [2.05, 4.69) is 5.10 Å². The highest BCUT2D eigenvalue weighted by atomic mass is 35.5. The van der Waals surface area contributed by atoms with Crippen LogP contribution in [-0.2, 0) is 0 Å². The maximum atomic E-state index is 12.0. The van der Waals surface area contributed by atoms with Crippen molar-refractivity contribution in [1.29, 1.82) is 0 Å². The first-order valence-corrected chi connectivity index (χ1v) is 7.00. The molecule has 0 aliphatic carbocycles. The first-order chi connectivity index (χ1) is 10.1. The predicted molar refractivity (Wildman–Crippen MR) is 82.6 cm³/mol. The van der Waals surface area contributed by atoms with Gasteiger partial charge in [0.1, 0.15) is 0 Å². The normalized spacial score (nSPS) is 10.8. The zero-order valence-corrected chi connectivity index (χ0v) is 12.7. The molecule has 7 heteroatoms. The summed E-state index contributed by atoms with van der Waals surface area (Å²) in [7, 11) is 0. The smallest absolute Gasteiger partial charge is 0.387 e. The van der Waals surface area contributed by atoms with Crippen LogP contribution in [0.15, 0.2) is 51.7 Å². The molecule has 0 spiro atoms. The molecule has 0 unspecified atom stereocenters. The molecular formula is C14H7Cl3N2O2. The largest absolute Gasteiger partial charge is 0.442 e. The van der Waals surface area contributed by atoms with Gasteiger partial charge in [0.05, 0.1) is 21.3 Å². The summed E-state index contributed by atoms with van der Waals surface area (Å²) in [6.45, 7) is 0. The van der Waals surface area contributed by atoms with E-state index in [0.717, 1.165) is 4.68 Å². The van der Waals surface area contributed by atoms with Crippen molar-refractivity contribution in [3.8, 4) is 17.1 Å². The van der Waals surface area contributed by atoms with Crippen LogP contribution in [-0.4, -0.2) is 9.78 Å². The molecule has 106 valence electrons. The number of aromatic nitrogens is 2. The van der Waals surface area contributed by atoms with Gasteiger partial charge < -0.3 is 4.42 Å². The van der Waals surface area contributed by atoms with E-state index >= 15 is 0 Å². The van der Waals surface area contributed by atoms with Crippen molar-refractivity contribution in [2.24, 2.45) is 0 Å². The van der Waals surface area contributed by atoms with Gasteiger partial charge in [0, 0.05) is 5.02 Å². The number of hydrogen-bond acceptors (Lipinski definition) is 3. The number of halogens is 3. The molecule has 0 fully saturated rings. The van der Waals surface area contributed by atoms with E-state index in [9.17, 15) is 4.79 Å². The Hall–Kier alpha value is -1.75. The molecule has 0 aliphatic rings. The Kier molecular flexibility index (Phi) is 3.76. The summed E-state index contributed by atoms with van der Waals surface area (Å²) in [4.78, 5) is 12.0. The van der Waals surface area contributed by atoms with Crippen LogP contribution < -0.4 is 5.76 Å². The van der Waals surface area contributed by atoms with Crippen molar-refractivity contribution < 1.29 is 4.42 Å². The standard InChI is InChI=1S/C14H7Cl3N2O2/c15-8-5-6-9(11(17)7-8)13-18-19(14(20)21-13)12-4-2-1-3-10(12)16/h1-7H. The van der Waals surface area contributed by atoms with Gasteiger partial charge in [-0.05, 0) is 30.3 Å². The summed E-state index contributed by atoms with van der Waals surface area (Å²) in [5.74, 6) is -0.550. The molecule has 0 saturated heterocycles.